The minimum Gasteiger partial charge on any atom is -0.390 e. The van der Waals surface area contributed by atoms with E-state index in [1.165, 1.54) is 17.4 Å². The third-order valence-electron chi connectivity index (χ3n) is 3.41. The van der Waals surface area contributed by atoms with Gasteiger partial charge in [0.05, 0.1) is 17.0 Å². The molecule has 2 atom stereocenters. The van der Waals surface area contributed by atoms with Crippen LogP contribution < -0.4 is 5.32 Å². The fourth-order valence-corrected chi connectivity index (χ4v) is 4.07. The third-order valence-corrected chi connectivity index (χ3v) is 5.69. The number of rotatable bonds is 3. The van der Waals surface area contributed by atoms with Crippen molar-refractivity contribution in [2.75, 3.05) is 20.1 Å². The maximum atomic E-state index is 12.5. The van der Waals surface area contributed by atoms with Gasteiger partial charge in [-0.05, 0) is 30.7 Å². The normalized spacial score (nSPS) is 24.1. The van der Waals surface area contributed by atoms with Crippen LogP contribution in [0.15, 0.2) is 23.1 Å². The first-order valence-electron chi connectivity index (χ1n) is 5.97. The number of aliphatic hydroxyl groups is 1. The number of nitrogens with zero attached hydrogens (tertiary/aromatic N) is 1. The van der Waals surface area contributed by atoms with Crippen molar-refractivity contribution in [3.63, 3.8) is 0 Å². The Labute approximate surface area is 118 Å². The van der Waals surface area contributed by atoms with Crippen LogP contribution in [0.25, 0.3) is 0 Å². The maximum absolute atomic E-state index is 12.5. The van der Waals surface area contributed by atoms with Crippen molar-refractivity contribution in [2.45, 2.75) is 24.0 Å². The molecule has 1 aromatic carbocycles. The summed E-state index contributed by atoms with van der Waals surface area (Å²) in [6, 6.07) is 4.22. The topological polar surface area (TPSA) is 69.6 Å². The summed E-state index contributed by atoms with van der Waals surface area (Å²) in [7, 11) is -2.14. The highest BCUT2D eigenvalue weighted by molar-refractivity contribution is 7.89. The Kier molecular flexibility index (Phi) is 4.17. The Bertz CT molecular complexity index is 576. The SMILES string of the molecule is Cc1cc(Cl)ccc1S(=O)(=O)N(C)[C@@H]1CNC[C@H]1O. The summed E-state index contributed by atoms with van der Waals surface area (Å²) in [4.78, 5) is 0.221. The van der Waals surface area contributed by atoms with Crippen molar-refractivity contribution in [1.29, 1.82) is 0 Å². The highest BCUT2D eigenvalue weighted by atomic mass is 35.5. The Morgan fingerprint density at radius 1 is 1.42 bits per heavy atom. The second kappa shape index (κ2) is 5.38. The molecule has 1 aliphatic rings. The number of nitrogens with one attached hydrogen (secondary N) is 1. The van der Waals surface area contributed by atoms with E-state index >= 15 is 0 Å². The van der Waals surface area contributed by atoms with Crippen molar-refractivity contribution in [3.8, 4) is 0 Å². The minimum atomic E-state index is -3.63. The van der Waals surface area contributed by atoms with Gasteiger partial charge in [0.25, 0.3) is 0 Å². The number of halogens is 1. The number of sulfonamides is 1. The van der Waals surface area contributed by atoms with Crippen LogP contribution in [0.1, 0.15) is 5.56 Å². The van der Waals surface area contributed by atoms with Crippen LogP contribution >= 0.6 is 11.6 Å². The van der Waals surface area contributed by atoms with Gasteiger partial charge in [0.15, 0.2) is 0 Å². The van der Waals surface area contributed by atoms with Crippen molar-refractivity contribution in [3.05, 3.63) is 28.8 Å². The van der Waals surface area contributed by atoms with E-state index in [4.69, 9.17) is 11.6 Å². The van der Waals surface area contributed by atoms with Crippen LogP contribution in [0, 0.1) is 6.92 Å². The molecule has 2 rings (SSSR count). The molecule has 1 fully saturated rings. The van der Waals surface area contributed by atoms with Crippen LogP contribution in [-0.4, -0.2) is 50.1 Å². The lowest BCUT2D eigenvalue weighted by Gasteiger charge is -2.26. The third kappa shape index (κ3) is 2.78. The maximum Gasteiger partial charge on any atom is 0.243 e. The summed E-state index contributed by atoms with van der Waals surface area (Å²) in [5.41, 5.74) is 0.597. The monoisotopic (exact) mass is 304 g/mol. The number of aryl methyl sites for hydroxylation is 1. The molecule has 7 heteroatoms. The summed E-state index contributed by atoms with van der Waals surface area (Å²) >= 11 is 5.84. The van der Waals surface area contributed by atoms with Crippen molar-refractivity contribution in [1.82, 2.24) is 9.62 Å². The van der Waals surface area contributed by atoms with E-state index in [1.54, 1.807) is 19.1 Å². The first-order valence-corrected chi connectivity index (χ1v) is 7.79. The zero-order valence-corrected chi connectivity index (χ0v) is 12.4. The molecule has 106 valence electrons. The van der Waals surface area contributed by atoms with Gasteiger partial charge in [0.2, 0.25) is 10.0 Å². The Morgan fingerprint density at radius 3 is 2.63 bits per heavy atom. The fourth-order valence-electron chi connectivity index (χ4n) is 2.26. The van der Waals surface area contributed by atoms with Gasteiger partial charge in [-0.3, -0.25) is 0 Å². The van der Waals surface area contributed by atoms with Crippen LogP contribution in [0.2, 0.25) is 5.02 Å². The number of hydrogen-bond acceptors (Lipinski definition) is 4. The molecule has 0 aromatic heterocycles. The highest BCUT2D eigenvalue weighted by Crippen LogP contribution is 2.24. The molecule has 0 saturated carbocycles. The largest absolute Gasteiger partial charge is 0.390 e. The van der Waals surface area contributed by atoms with E-state index in [-0.39, 0.29) is 4.90 Å². The minimum absolute atomic E-state index is 0.221. The van der Waals surface area contributed by atoms with Gasteiger partial charge in [-0.25, -0.2) is 8.42 Å². The molecule has 19 heavy (non-hydrogen) atoms. The average Bonchev–Trinajstić information content (AvgIpc) is 2.73. The van der Waals surface area contributed by atoms with Crippen LogP contribution in [0.3, 0.4) is 0 Å². The number of hydrogen-bond donors (Lipinski definition) is 2. The number of benzene rings is 1. The van der Waals surface area contributed by atoms with E-state index in [2.05, 4.69) is 5.32 Å². The molecule has 0 amide bonds. The van der Waals surface area contributed by atoms with Gasteiger partial charge < -0.3 is 10.4 Å². The summed E-state index contributed by atoms with van der Waals surface area (Å²) in [6.45, 7) is 2.56. The van der Waals surface area contributed by atoms with Gasteiger partial charge in [0.1, 0.15) is 0 Å². The van der Waals surface area contributed by atoms with E-state index in [1.807, 2.05) is 0 Å². The molecular formula is C12H17ClN2O3S. The van der Waals surface area contributed by atoms with Crippen molar-refractivity contribution < 1.29 is 13.5 Å². The average molecular weight is 305 g/mol. The quantitative estimate of drug-likeness (QED) is 0.858. The fraction of sp³-hybridized carbons (Fsp3) is 0.500. The first-order chi connectivity index (χ1) is 8.84. The molecule has 1 heterocycles. The summed E-state index contributed by atoms with van der Waals surface area (Å²) < 4.78 is 26.3. The molecule has 0 unspecified atom stereocenters. The van der Waals surface area contributed by atoms with Gasteiger partial charge in [-0.2, -0.15) is 4.31 Å². The molecule has 5 nitrogen and oxygen atoms in total. The number of β-amino-alcohol motifs (C(OH)–C–C–N with tert-alkyl or cyclic N) is 1. The Morgan fingerprint density at radius 2 is 2.11 bits per heavy atom. The molecule has 2 N–H and O–H groups in total. The molecule has 0 spiro atoms. The zero-order valence-electron chi connectivity index (χ0n) is 10.8. The zero-order chi connectivity index (χ0) is 14.2. The molecule has 0 bridgehead atoms. The summed E-state index contributed by atoms with van der Waals surface area (Å²) in [6.07, 6.45) is -0.688. The summed E-state index contributed by atoms with van der Waals surface area (Å²) in [5.74, 6) is 0. The van der Waals surface area contributed by atoms with Crippen LogP contribution in [-0.2, 0) is 10.0 Å². The van der Waals surface area contributed by atoms with Gasteiger partial charge in [0, 0.05) is 25.2 Å². The number of likely N-dealkylation sites (N-methyl/N-ethyl adjacent to an activating group) is 1. The predicted molar refractivity (Wildman–Crippen MR) is 73.8 cm³/mol. The Balaban J connectivity index is 2.36. The Hall–Kier alpha value is -0.660. The van der Waals surface area contributed by atoms with E-state index in [9.17, 15) is 13.5 Å². The lowest BCUT2D eigenvalue weighted by Crippen LogP contribution is -2.44. The molecule has 1 aliphatic heterocycles. The van der Waals surface area contributed by atoms with Gasteiger partial charge >= 0.3 is 0 Å². The smallest absolute Gasteiger partial charge is 0.243 e. The molecule has 1 saturated heterocycles. The highest BCUT2D eigenvalue weighted by Gasteiger charge is 2.36. The van der Waals surface area contributed by atoms with E-state index in [0.717, 1.165) is 0 Å². The lowest BCUT2D eigenvalue weighted by atomic mass is 10.2. The van der Waals surface area contributed by atoms with E-state index in [0.29, 0.717) is 23.7 Å². The lowest BCUT2D eigenvalue weighted by molar-refractivity contribution is 0.136. The van der Waals surface area contributed by atoms with Crippen LogP contribution in [0.5, 0.6) is 0 Å². The molecule has 0 aliphatic carbocycles. The van der Waals surface area contributed by atoms with E-state index < -0.39 is 22.2 Å². The number of aliphatic hydroxyl groups excluding tert-OH is 1. The second-order valence-electron chi connectivity index (χ2n) is 4.72. The second-order valence-corrected chi connectivity index (χ2v) is 7.13. The van der Waals surface area contributed by atoms with Crippen LogP contribution in [0.4, 0.5) is 0 Å². The van der Waals surface area contributed by atoms with Gasteiger partial charge in [-0.15, -0.1) is 0 Å². The first kappa shape index (κ1) is 14.7. The van der Waals surface area contributed by atoms with Crippen molar-refractivity contribution in [2.24, 2.45) is 0 Å². The summed E-state index contributed by atoms with van der Waals surface area (Å²) in [5, 5.41) is 13.3. The van der Waals surface area contributed by atoms with Crippen molar-refractivity contribution >= 4 is 21.6 Å². The predicted octanol–water partition coefficient (Wildman–Crippen LogP) is 0.602. The standard InChI is InChI=1S/C12H17ClN2O3S/c1-8-5-9(13)3-4-12(8)19(17,18)15(2)10-6-14-7-11(10)16/h3-5,10-11,14,16H,6-7H2,1-2H3/t10-,11-/m1/s1. The molecule has 1 aromatic rings. The van der Waals surface area contributed by atoms with Gasteiger partial charge in [-0.1, -0.05) is 11.6 Å². The molecular weight excluding hydrogens is 288 g/mol. The molecule has 0 radical (unpaired) electrons.